The second kappa shape index (κ2) is 7.64. The van der Waals surface area contributed by atoms with Crippen LogP contribution >= 0.6 is 0 Å². The van der Waals surface area contributed by atoms with Crippen LogP contribution in [0.15, 0.2) is 48.5 Å². The molecule has 2 aromatic carbocycles. The summed E-state index contributed by atoms with van der Waals surface area (Å²) in [5.74, 6) is 0.271. The molecule has 2 aromatic rings. The monoisotopic (exact) mass is 330 g/mol. The van der Waals surface area contributed by atoms with Gasteiger partial charge >= 0.3 is 0 Å². The van der Waals surface area contributed by atoms with Crippen molar-refractivity contribution in [3.63, 3.8) is 0 Å². The SMILES string of the molecule is COc1cc(F)ccc1N1CCN(CC(O)c2ccccc2)CC1. The molecule has 1 N–H and O–H groups in total. The number of aliphatic hydroxyl groups excluding tert-OH is 1. The van der Waals surface area contributed by atoms with E-state index in [2.05, 4.69) is 9.80 Å². The second-order valence-corrected chi connectivity index (χ2v) is 6.03. The van der Waals surface area contributed by atoms with E-state index in [1.54, 1.807) is 13.2 Å². The van der Waals surface area contributed by atoms with Gasteiger partial charge < -0.3 is 14.7 Å². The normalized spacial score (nSPS) is 16.9. The molecule has 1 aliphatic heterocycles. The topological polar surface area (TPSA) is 35.9 Å². The van der Waals surface area contributed by atoms with Crippen LogP contribution < -0.4 is 9.64 Å². The minimum absolute atomic E-state index is 0.291. The first kappa shape index (κ1) is 16.7. The van der Waals surface area contributed by atoms with Crippen LogP contribution in [-0.4, -0.2) is 49.8 Å². The van der Waals surface area contributed by atoms with Crippen LogP contribution in [0.5, 0.6) is 5.75 Å². The van der Waals surface area contributed by atoms with Crippen molar-refractivity contribution in [2.24, 2.45) is 0 Å². The quantitative estimate of drug-likeness (QED) is 0.914. The molecular formula is C19H23FN2O2. The van der Waals surface area contributed by atoms with Crippen molar-refractivity contribution < 1.29 is 14.2 Å². The summed E-state index contributed by atoms with van der Waals surface area (Å²) in [6, 6.07) is 14.4. The van der Waals surface area contributed by atoms with Gasteiger partial charge in [-0.15, -0.1) is 0 Å². The van der Waals surface area contributed by atoms with Crippen LogP contribution in [0.3, 0.4) is 0 Å². The molecule has 1 atom stereocenters. The van der Waals surface area contributed by atoms with Gasteiger partial charge in [0, 0.05) is 38.8 Å². The fourth-order valence-corrected chi connectivity index (χ4v) is 3.11. The molecule has 1 fully saturated rings. The average molecular weight is 330 g/mol. The van der Waals surface area contributed by atoms with Gasteiger partial charge in [-0.25, -0.2) is 4.39 Å². The van der Waals surface area contributed by atoms with Crippen molar-refractivity contribution in [3.05, 3.63) is 59.9 Å². The molecule has 4 nitrogen and oxygen atoms in total. The summed E-state index contributed by atoms with van der Waals surface area (Å²) in [7, 11) is 1.56. The van der Waals surface area contributed by atoms with Gasteiger partial charge in [0.15, 0.2) is 0 Å². The van der Waals surface area contributed by atoms with E-state index in [-0.39, 0.29) is 5.82 Å². The third kappa shape index (κ3) is 3.86. The fraction of sp³-hybridized carbons (Fsp3) is 0.368. The summed E-state index contributed by atoms with van der Waals surface area (Å²) in [5.41, 5.74) is 1.86. The molecule has 0 saturated carbocycles. The number of nitrogens with zero attached hydrogens (tertiary/aromatic N) is 2. The molecule has 0 radical (unpaired) electrons. The summed E-state index contributed by atoms with van der Waals surface area (Å²) < 4.78 is 18.6. The maximum atomic E-state index is 13.3. The second-order valence-electron chi connectivity index (χ2n) is 6.03. The Hall–Kier alpha value is -2.11. The molecule has 1 heterocycles. The average Bonchev–Trinajstić information content (AvgIpc) is 2.63. The number of benzene rings is 2. The summed E-state index contributed by atoms with van der Waals surface area (Å²) >= 11 is 0. The maximum Gasteiger partial charge on any atom is 0.145 e. The van der Waals surface area contributed by atoms with Gasteiger partial charge in [0.05, 0.1) is 18.9 Å². The van der Waals surface area contributed by atoms with Crippen molar-refractivity contribution in [3.8, 4) is 5.75 Å². The van der Waals surface area contributed by atoms with Crippen molar-refractivity contribution in [2.45, 2.75) is 6.10 Å². The number of piperazine rings is 1. The lowest BCUT2D eigenvalue weighted by atomic mass is 10.1. The van der Waals surface area contributed by atoms with Gasteiger partial charge in [-0.05, 0) is 17.7 Å². The molecule has 1 aliphatic rings. The molecule has 5 heteroatoms. The fourth-order valence-electron chi connectivity index (χ4n) is 3.11. The van der Waals surface area contributed by atoms with Crippen LogP contribution in [0.4, 0.5) is 10.1 Å². The molecule has 1 saturated heterocycles. The Morgan fingerprint density at radius 1 is 1.08 bits per heavy atom. The molecule has 0 spiro atoms. The minimum Gasteiger partial charge on any atom is -0.494 e. The standard InChI is InChI=1S/C19H23FN2O2/c1-24-19-13-16(20)7-8-17(19)22-11-9-21(10-12-22)14-18(23)15-5-3-2-4-6-15/h2-8,13,18,23H,9-12,14H2,1H3. The number of methoxy groups -OCH3 is 1. The third-order valence-corrected chi connectivity index (χ3v) is 4.47. The lowest BCUT2D eigenvalue weighted by molar-refractivity contribution is 0.109. The summed E-state index contributed by atoms with van der Waals surface area (Å²) in [4.78, 5) is 4.45. The number of anilines is 1. The Morgan fingerprint density at radius 2 is 1.79 bits per heavy atom. The zero-order valence-electron chi connectivity index (χ0n) is 13.9. The van der Waals surface area contributed by atoms with Gasteiger partial charge in [-0.3, -0.25) is 4.90 Å². The van der Waals surface area contributed by atoms with Crippen molar-refractivity contribution in [2.75, 3.05) is 44.7 Å². The van der Waals surface area contributed by atoms with E-state index in [4.69, 9.17) is 4.74 Å². The van der Waals surface area contributed by atoms with Crippen molar-refractivity contribution in [1.29, 1.82) is 0 Å². The zero-order valence-corrected chi connectivity index (χ0v) is 13.9. The predicted octanol–water partition coefficient (Wildman–Crippen LogP) is 2.69. The molecule has 0 amide bonds. The Balaban J connectivity index is 1.58. The molecule has 3 rings (SSSR count). The Kier molecular flexibility index (Phi) is 5.33. The number of aliphatic hydroxyl groups is 1. The van der Waals surface area contributed by atoms with Crippen LogP contribution in [-0.2, 0) is 0 Å². The first-order chi connectivity index (χ1) is 11.7. The van der Waals surface area contributed by atoms with Gasteiger partial charge in [0.2, 0.25) is 0 Å². The predicted molar refractivity (Wildman–Crippen MR) is 93.0 cm³/mol. The van der Waals surface area contributed by atoms with E-state index >= 15 is 0 Å². The van der Waals surface area contributed by atoms with E-state index in [0.717, 1.165) is 37.4 Å². The van der Waals surface area contributed by atoms with Crippen LogP contribution in [0.2, 0.25) is 0 Å². The number of rotatable bonds is 5. The maximum absolute atomic E-state index is 13.3. The molecular weight excluding hydrogens is 307 g/mol. The highest BCUT2D eigenvalue weighted by atomic mass is 19.1. The molecule has 1 unspecified atom stereocenters. The highest BCUT2D eigenvalue weighted by molar-refractivity contribution is 5.59. The molecule has 128 valence electrons. The summed E-state index contributed by atoms with van der Waals surface area (Å²) in [6.45, 7) is 3.97. The third-order valence-electron chi connectivity index (χ3n) is 4.47. The van der Waals surface area contributed by atoms with Crippen molar-refractivity contribution >= 4 is 5.69 Å². The lowest BCUT2D eigenvalue weighted by Crippen LogP contribution is -2.47. The van der Waals surface area contributed by atoms with Gasteiger partial charge in [0.1, 0.15) is 11.6 Å². The van der Waals surface area contributed by atoms with E-state index in [0.29, 0.717) is 12.3 Å². The molecule has 0 aliphatic carbocycles. The largest absolute Gasteiger partial charge is 0.494 e. The van der Waals surface area contributed by atoms with Crippen molar-refractivity contribution in [1.82, 2.24) is 4.90 Å². The lowest BCUT2D eigenvalue weighted by Gasteiger charge is -2.37. The zero-order chi connectivity index (χ0) is 16.9. The van der Waals surface area contributed by atoms with E-state index < -0.39 is 6.10 Å². The first-order valence-corrected chi connectivity index (χ1v) is 8.21. The Morgan fingerprint density at radius 3 is 2.46 bits per heavy atom. The molecule has 0 aromatic heterocycles. The van der Waals surface area contributed by atoms with E-state index in [1.807, 2.05) is 30.3 Å². The van der Waals surface area contributed by atoms with E-state index in [9.17, 15) is 9.50 Å². The number of ether oxygens (including phenoxy) is 1. The van der Waals surface area contributed by atoms with Crippen LogP contribution in [0.25, 0.3) is 0 Å². The number of halogens is 1. The summed E-state index contributed by atoms with van der Waals surface area (Å²) in [6.07, 6.45) is -0.474. The number of β-amino-alcohol motifs (C(OH)–C–C–N with tert-alkyl or cyclic N) is 1. The van der Waals surface area contributed by atoms with Crippen LogP contribution in [0, 0.1) is 5.82 Å². The van der Waals surface area contributed by atoms with Crippen LogP contribution in [0.1, 0.15) is 11.7 Å². The smallest absolute Gasteiger partial charge is 0.145 e. The Labute approximate surface area is 142 Å². The highest BCUT2D eigenvalue weighted by Gasteiger charge is 2.22. The van der Waals surface area contributed by atoms with Gasteiger partial charge in [-0.2, -0.15) is 0 Å². The Bertz CT molecular complexity index is 658. The van der Waals surface area contributed by atoms with E-state index in [1.165, 1.54) is 12.1 Å². The molecule has 0 bridgehead atoms. The minimum atomic E-state index is -0.474. The number of hydrogen-bond acceptors (Lipinski definition) is 4. The van der Waals surface area contributed by atoms with Gasteiger partial charge in [0.25, 0.3) is 0 Å². The first-order valence-electron chi connectivity index (χ1n) is 8.21. The summed E-state index contributed by atoms with van der Waals surface area (Å²) in [5, 5.41) is 10.4. The highest BCUT2D eigenvalue weighted by Crippen LogP contribution is 2.29. The van der Waals surface area contributed by atoms with Gasteiger partial charge in [-0.1, -0.05) is 30.3 Å². The molecule has 24 heavy (non-hydrogen) atoms. The number of hydrogen-bond donors (Lipinski definition) is 1.